The maximum atomic E-state index is 13.9. The van der Waals surface area contributed by atoms with Crippen molar-refractivity contribution in [3.8, 4) is 0 Å². The standard InChI is InChI=1S/C38H62N14O10S/c1-20(2)12-29(38(61)62)52-34(57)25(7-8-30(41)53)48-35(58)26(9-11-63-3)49-37(60)28(15-31(42)54)51-33(56)24(6-4-5-10-39)47-36(59)27(14-22-17-44-19-46-22)50-32(55)23(40)13-21-16-43-18-45-21/h16-20,23-29H,4-15,39-40H2,1-3H3,(H2,41,53)(H2,42,54)(H,43,45)(H,44,46)(H,47,59)(H,48,58)(H,49,60)(H,50,55)(H,51,56)(H,52,57)(H,61,62)/t23-,24-,25-,26-,27-,28-,29-/m0/s1. The van der Waals surface area contributed by atoms with Gasteiger partial charge in [0.2, 0.25) is 47.3 Å². The second kappa shape index (κ2) is 27.8. The van der Waals surface area contributed by atoms with Crippen molar-refractivity contribution in [1.29, 1.82) is 0 Å². The van der Waals surface area contributed by atoms with E-state index in [-0.39, 0.29) is 57.4 Å². The third kappa shape index (κ3) is 20.1. The fourth-order valence-corrected chi connectivity index (χ4v) is 6.59. The van der Waals surface area contributed by atoms with Crippen LogP contribution in [0, 0.1) is 5.92 Å². The Labute approximate surface area is 368 Å². The molecule has 0 aromatic carbocycles. The molecule has 0 saturated carbocycles. The predicted molar refractivity (Wildman–Crippen MR) is 229 cm³/mol. The van der Waals surface area contributed by atoms with Gasteiger partial charge in [0.15, 0.2) is 0 Å². The van der Waals surface area contributed by atoms with E-state index in [1.165, 1.54) is 36.8 Å². The van der Waals surface area contributed by atoms with E-state index < -0.39 is 102 Å². The van der Waals surface area contributed by atoms with Crippen LogP contribution in [0.1, 0.15) is 76.6 Å². The van der Waals surface area contributed by atoms with Crippen LogP contribution < -0.4 is 54.8 Å². The molecule has 2 aromatic heterocycles. The number of imidazole rings is 2. The highest BCUT2D eigenvalue weighted by atomic mass is 32.2. The molecule has 2 aromatic rings. The van der Waals surface area contributed by atoms with Crippen LogP contribution in [-0.4, -0.2) is 139 Å². The number of carbonyl (C=O) groups excluding carboxylic acids is 8. The van der Waals surface area contributed by atoms with Crippen LogP contribution in [0.3, 0.4) is 0 Å². The molecule has 0 spiro atoms. The van der Waals surface area contributed by atoms with Gasteiger partial charge < -0.3 is 69.9 Å². The number of carboxylic acids is 1. The highest BCUT2D eigenvalue weighted by molar-refractivity contribution is 7.98. The lowest BCUT2D eigenvalue weighted by molar-refractivity contribution is -0.143. The minimum Gasteiger partial charge on any atom is -0.480 e. The summed E-state index contributed by atoms with van der Waals surface area (Å²) in [4.78, 5) is 131. The number of rotatable bonds is 31. The van der Waals surface area contributed by atoms with E-state index in [9.17, 15) is 48.3 Å². The van der Waals surface area contributed by atoms with Gasteiger partial charge in [-0.25, -0.2) is 14.8 Å². The summed E-state index contributed by atoms with van der Waals surface area (Å²) in [5.41, 5.74) is 23.6. The minimum atomic E-state index is -1.67. The van der Waals surface area contributed by atoms with Gasteiger partial charge in [0, 0.05) is 43.0 Å². The van der Waals surface area contributed by atoms with Gasteiger partial charge in [-0.1, -0.05) is 13.8 Å². The second-order valence-electron chi connectivity index (χ2n) is 15.2. The number of aliphatic carboxylic acids is 1. The van der Waals surface area contributed by atoms with Gasteiger partial charge in [-0.05, 0) is 63.0 Å². The first-order valence-corrected chi connectivity index (χ1v) is 21.7. The van der Waals surface area contributed by atoms with Crippen LogP contribution in [0.25, 0.3) is 0 Å². The van der Waals surface area contributed by atoms with Gasteiger partial charge in [-0.3, -0.25) is 38.4 Å². The van der Waals surface area contributed by atoms with Crippen molar-refractivity contribution >= 4 is 65.0 Å². The molecule has 0 unspecified atom stereocenters. The molecular formula is C38H62N14O10S. The number of aromatic amines is 2. The van der Waals surface area contributed by atoms with Crippen molar-refractivity contribution in [1.82, 2.24) is 51.8 Å². The molecular weight excluding hydrogens is 845 g/mol. The van der Waals surface area contributed by atoms with Gasteiger partial charge in [0.25, 0.3) is 0 Å². The second-order valence-corrected chi connectivity index (χ2v) is 16.2. The summed E-state index contributed by atoms with van der Waals surface area (Å²) in [5, 5.41) is 24.7. The average molecular weight is 907 g/mol. The largest absolute Gasteiger partial charge is 0.480 e. The lowest BCUT2D eigenvalue weighted by Crippen LogP contribution is -2.60. The smallest absolute Gasteiger partial charge is 0.326 e. The molecule has 0 radical (unpaired) electrons. The monoisotopic (exact) mass is 906 g/mol. The number of nitrogens with one attached hydrogen (secondary N) is 8. The molecule has 2 rings (SSSR count). The number of carbonyl (C=O) groups is 9. The SMILES string of the molecule is CSCC[C@H](NC(=O)[C@H](CC(N)=O)NC(=O)[C@H](CCCCN)NC(=O)[C@H](Cc1cnc[nH]1)NC(=O)[C@@H](N)Cc1cnc[nH]1)C(=O)N[C@@H](CCC(N)=O)C(=O)N[C@@H](CC(C)C)C(=O)O. The number of hydrogen-bond acceptors (Lipinski definition) is 14. The summed E-state index contributed by atoms with van der Waals surface area (Å²) in [5.74, 6) is -8.14. The highest BCUT2D eigenvalue weighted by Gasteiger charge is 2.34. The number of primary amides is 2. The molecule has 350 valence electrons. The number of unbranched alkanes of at least 4 members (excludes halogenated alkanes) is 1. The summed E-state index contributed by atoms with van der Waals surface area (Å²) in [6, 6.07) is -9.49. The Bertz CT molecular complexity index is 1810. The van der Waals surface area contributed by atoms with Crippen molar-refractivity contribution in [2.24, 2.45) is 28.9 Å². The quantitative estimate of drug-likeness (QED) is 0.0324. The Kier molecular flexibility index (Phi) is 23.4. The van der Waals surface area contributed by atoms with Crippen LogP contribution in [0.5, 0.6) is 0 Å². The number of amides is 8. The van der Waals surface area contributed by atoms with Crippen molar-refractivity contribution in [2.75, 3.05) is 18.6 Å². The molecule has 0 fully saturated rings. The topological polar surface area (TPSA) is 407 Å². The summed E-state index contributed by atoms with van der Waals surface area (Å²) in [7, 11) is 0. The molecule has 17 N–H and O–H groups in total. The van der Waals surface area contributed by atoms with Crippen molar-refractivity contribution in [3.05, 3.63) is 36.4 Å². The van der Waals surface area contributed by atoms with E-state index in [1.807, 2.05) is 0 Å². The molecule has 8 amide bonds. The highest BCUT2D eigenvalue weighted by Crippen LogP contribution is 2.10. The fraction of sp³-hybridized carbons (Fsp3) is 0.605. The van der Waals surface area contributed by atoms with Crippen molar-refractivity contribution in [3.63, 3.8) is 0 Å². The van der Waals surface area contributed by atoms with Crippen LogP contribution in [0.15, 0.2) is 25.0 Å². The summed E-state index contributed by atoms with van der Waals surface area (Å²) < 4.78 is 0. The Morgan fingerprint density at radius 3 is 1.60 bits per heavy atom. The van der Waals surface area contributed by atoms with Gasteiger partial charge in [-0.2, -0.15) is 11.8 Å². The third-order valence-electron chi connectivity index (χ3n) is 9.44. The van der Waals surface area contributed by atoms with E-state index >= 15 is 0 Å². The maximum Gasteiger partial charge on any atom is 0.326 e. The van der Waals surface area contributed by atoms with E-state index in [0.29, 0.717) is 30.0 Å². The van der Waals surface area contributed by atoms with E-state index in [4.69, 9.17) is 22.9 Å². The molecule has 0 aliphatic carbocycles. The summed E-state index contributed by atoms with van der Waals surface area (Å²) >= 11 is 1.32. The first-order chi connectivity index (χ1) is 29.8. The lowest BCUT2D eigenvalue weighted by Gasteiger charge is -2.27. The molecule has 25 heteroatoms. The first-order valence-electron chi connectivity index (χ1n) is 20.4. The van der Waals surface area contributed by atoms with Crippen LogP contribution in [0.2, 0.25) is 0 Å². The van der Waals surface area contributed by atoms with E-state index in [1.54, 1.807) is 20.1 Å². The van der Waals surface area contributed by atoms with Gasteiger partial charge in [0.05, 0.1) is 25.1 Å². The number of nitrogens with two attached hydrogens (primary N) is 4. The number of carboxylic acid groups (broad SMARTS) is 1. The minimum absolute atomic E-state index is 0.0111. The number of H-pyrrole nitrogens is 2. The van der Waals surface area contributed by atoms with Crippen molar-refractivity contribution in [2.45, 2.75) is 120 Å². The number of thioether (sulfide) groups is 1. The molecule has 0 saturated heterocycles. The number of nitrogens with zero attached hydrogens (tertiary/aromatic N) is 2. The molecule has 63 heavy (non-hydrogen) atoms. The van der Waals surface area contributed by atoms with Gasteiger partial charge in [0.1, 0.15) is 36.3 Å². The van der Waals surface area contributed by atoms with E-state index in [0.717, 1.165) is 0 Å². The summed E-state index contributed by atoms with van der Waals surface area (Å²) in [6.07, 6.45) is 6.93. The zero-order chi connectivity index (χ0) is 47.1. The van der Waals surface area contributed by atoms with E-state index in [2.05, 4.69) is 51.8 Å². The molecule has 0 aliphatic heterocycles. The van der Waals surface area contributed by atoms with Crippen LogP contribution in [0.4, 0.5) is 0 Å². The van der Waals surface area contributed by atoms with Crippen LogP contribution >= 0.6 is 11.8 Å². The Morgan fingerprint density at radius 2 is 1.13 bits per heavy atom. The predicted octanol–water partition coefficient (Wildman–Crippen LogP) is -3.69. The molecule has 7 atom stereocenters. The molecule has 0 bridgehead atoms. The van der Waals surface area contributed by atoms with Crippen LogP contribution in [-0.2, 0) is 56.0 Å². The first kappa shape index (κ1) is 53.1. The Morgan fingerprint density at radius 1 is 0.651 bits per heavy atom. The van der Waals surface area contributed by atoms with Crippen molar-refractivity contribution < 1.29 is 48.3 Å². The molecule has 24 nitrogen and oxygen atoms in total. The maximum absolute atomic E-state index is 13.9. The number of aromatic nitrogens is 4. The third-order valence-corrected chi connectivity index (χ3v) is 10.1. The zero-order valence-corrected chi connectivity index (χ0v) is 36.5. The molecule has 2 heterocycles. The lowest BCUT2D eigenvalue weighted by atomic mass is 10.0. The number of hydrogen-bond donors (Lipinski definition) is 13. The normalized spacial score (nSPS) is 14.4. The molecule has 0 aliphatic rings. The Balaban J connectivity index is 2.34. The fourth-order valence-electron chi connectivity index (χ4n) is 6.12. The average Bonchev–Trinajstić information content (AvgIpc) is 3.94. The zero-order valence-electron chi connectivity index (χ0n) is 35.6. The Hall–Kier alpha value is -6.08. The summed E-state index contributed by atoms with van der Waals surface area (Å²) in [6.45, 7) is 3.76. The van der Waals surface area contributed by atoms with Gasteiger partial charge in [-0.15, -0.1) is 0 Å². The van der Waals surface area contributed by atoms with Gasteiger partial charge >= 0.3 is 5.97 Å².